The number of hydrogen-bond acceptors (Lipinski definition) is 3. The van der Waals surface area contributed by atoms with Gasteiger partial charge in [-0.25, -0.2) is 0 Å². The number of nitrogens with two attached hydrogens (primary N) is 1. The lowest BCUT2D eigenvalue weighted by atomic mass is 9.81. The van der Waals surface area contributed by atoms with Crippen molar-refractivity contribution in [1.29, 1.82) is 0 Å². The van der Waals surface area contributed by atoms with Crippen molar-refractivity contribution in [2.75, 3.05) is 33.9 Å². The van der Waals surface area contributed by atoms with Crippen LogP contribution in [0.5, 0.6) is 0 Å². The molecule has 0 heterocycles. The zero-order valence-electron chi connectivity index (χ0n) is 11.3. The molecule has 96 valence electrons. The Morgan fingerprint density at radius 2 is 2.06 bits per heavy atom. The van der Waals surface area contributed by atoms with E-state index in [1.807, 2.05) is 0 Å². The van der Waals surface area contributed by atoms with Crippen LogP contribution in [0.2, 0.25) is 0 Å². The molecule has 1 fully saturated rings. The summed E-state index contributed by atoms with van der Waals surface area (Å²) in [6, 6.07) is 0. The highest BCUT2D eigenvalue weighted by atomic mass is 16.5. The van der Waals surface area contributed by atoms with Crippen LogP contribution in [0.3, 0.4) is 0 Å². The van der Waals surface area contributed by atoms with Crippen molar-refractivity contribution < 1.29 is 4.74 Å². The molecule has 0 amide bonds. The average molecular weight is 228 g/mol. The highest BCUT2D eigenvalue weighted by Crippen LogP contribution is 2.31. The molecule has 0 radical (unpaired) electrons. The second-order valence-corrected chi connectivity index (χ2v) is 5.57. The third kappa shape index (κ3) is 2.76. The van der Waals surface area contributed by atoms with Gasteiger partial charge < -0.3 is 10.5 Å². The molecule has 0 aromatic heterocycles. The van der Waals surface area contributed by atoms with E-state index in [-0.39, 0.29) is 5.54 Å². The smallest absolute Gasteiger partial charge is 0.0661 e. The van der Waals surface area contributed by atoms with Gasteiger partial charge in [0.1, 0.15) is 0 Å². The van der Waals surface area contributed by atoms with Gasteiger partial charge >= 0.3 is 0 Å². The minimum atomic E-state index is 0.00431. The van der Waals surface area contributed by atoms with Gasteiger partial charge in [0, 0.05) is 20.2 Å². The summed E-state index contributed by atoms with van der Waals surface area (Å²) in [6.07, 6.45) is 4.17. The number of nitrogens with zero attached hydrogens (tertiary/aromatic N) is 1. The molecule has 0 bridgehead atoms. The topological polar surface area (TPSA) is 38.5 Å². The first-order valence-electron chi connectivity index (χ1n) is 6.47. The first kappa shape index (κ1) is 13.9. The Morgan fingerprint density at radius 1 is 1.44 bits per heavy atom. The van der Waals surface area contributed by atoms with Gasteiger partial charge in [0.05, 0.1) is 12.1 Å². The fraction of sp³-hybridized carbons (Fsp3) is 1.00. The van der Waals surface area contributed by atoms with Crippen LogP contribution in [0, 0.1) is 11.8 Å². The van der Waals surface area contributed by atoms with Gasteiger partial charge in [0.15, 0.2) is 0 Å². The molecule has 0 aliphatic heterocycles. The molecule has 3 nitrogen and oxygen atoms in total. The van der Waals surface area contributed by atoms with Gasteiger partial charge in [0.25, 0.3) is 0 Å². The van der Waals surface area contributed by atoms with Crippen LogP contribution in [0.4, 0.5) is 0 Å². The molecule has 1 unspecified atom stereocenters. The molecular weight excluding hydrogens is 200 g/mol. The number of methoxy groups -OCH3 is 1. The molecule has 1 saturated carbocycles. The molecule has 16 heavy (non-hydrogen) atoms. The van der Waals surface area contributed by atoms with E-state index < -0.39 is 0 Å². The second-order valence-electron chi connectivity index (χ2n) is 5.57. The monoisotopic (exact) mass is 228 g/mol. The molecular formula is C13H28N2O. The number of hydrogen-bond donors (Lipinski definition) is 1. The predicted octanol–water partition coefficient (Wildman–Crippen LogP) is 1.72. The summed E-state index contributed by atoms with van der Waals surface area (Å²) in [5.74, 6) is 1.40. The lowest BCUT2D eigenvalue weighted by molar-refractivity contribution is -0.0147. The van der Waals surface area contributed by atoms with Crippen molar-refractivity contribution in [2.24, 2.45) is 17.6 Å². The summed E-state index contributed by atoms with van der Waals surface area (Å²) < 4.78 is 5.39. The van der Waals surface area contributed by atoms with Crippen molar-refractivity contribution >= 4 is 0 Å². The Labute approximate surface area is 100 Å². The Morgan fingerprint density at radius 3 is 2.38 bits per heavy atom. The van der Waals surface area contributed by atoms with Gasteiger partial charge in [-0.1, -0.05) is 20.3 Å². The van der Waals surface area contributed by atoms with Gasteiger partial charge in [-0.3, -0.25) is 4.90 Å². The Kier molecular flexibility index (Phi) is 5.22. The largest absolute Gasteiger partial charge is 0.383 e. The third-order valence-corrected chi connectivity index (χ3v) is 4.34. The Hall–Kier alpha value is -0.120. The summed E-state index contributed by atoms with van der Waals surface area (Å²) in [4.78, 5) is 2.44. The van der Waals surface area contributed by atoms with Crippen molar-refractivity contribution in [3.63, 3.8) is 0 Å². The zero-order valence-corrected chi connectivity index (χ0v) is 11.3. The molecule has 1 aliphatic rings. The van der Waals surface area contributed by atoms with Crippen LogP contribution in [-0.4, -0.2) is 44.3 Å². The lowest BCUT2D eigenvalue weighted by Crippen LogP contribution is -2.60. The Balaban J connectivity index is 2.64. The van der Waals surface area contributed by atoms with E-state index in [1.54, 1.807) is 7.11 Å². The number of rotatable bonds is 7. The maximum atomic E-state index is 6.01. The van der Waals surface area contributed by atoms with Crippen LogP contribution < -0.4 is 5.73 Å². The molecule has 0 saturated heterocycles. The van der Waals surface area contributed by atoms with E-state index in [0.29, 0.717) is 12.5 Å². The fourth-order valence-corrected chi connectivity index (χ4v) is 2.66. The van der Waals surface area contributed by atoms with Gasteiger partial charge in [-0.2, -0.15) is 0 Å². The molecule has 1 aliphatic carbocycles. The van der Waals surface area contributed by atoms with Gasteiger partial charge in [-0.15, -0.1) is 0 Å². The molecule has 1 rings (SSSR count). The molecule has 2 N–H and O–H groups in total. The van der Waals surface area contributed by atoms with E-state index in [1.165, 1.54) is 25.8 Å². The zero-order chi connectivity index (χ0) is 12.2. The van der Waals surface area contributed by atoms with E-state index in [2.05, 4.69) is 25.8 Å². The second kappa shape index (κ2) is 5.99. The summed E-state index contributed by atoms with van der Waals surface area (Å²) in [7, 11) is 3.97. The highest BCUT2D eigenvalue weighted by Gasteiger charge is 2.38. The third-order valence-electron chi connectivity index (χ3n) is 4.34. The van der Waals surface area contributed by atoms with Crippen LogP contribution in [0.15, 0.2) is 0 Å². The van der Waals surface area contributed by atoms with Crippen molar-refractivity contribution in [3.05, 3.63) is 0 Å². The molecule has 3 heteroatoms. The van der Waals surface area contributed by atoms with E-state index in [4.69, 9.17) is 10.5 Å². The quantitative estimate of drug-likeness (QED) is 0.721. The molecule has 0 aromatic carbocycles. The average Bonchev–Trinajstić information content (AvgIpc) is 2.19. The summed E-state index contributed by atoms with van der Waals surface area (Å²) >= 11 is 0. The Bertz CT molecular complexity index is 204. The highest BCUT2D eigenvalue weighted by molar-refractivity contribution is 4.94. The number of ether oxygens (including phenoxy) is 1. The summed E-state index contributed by atoms with van der Waals surface area (Å²) in [5.41, 5.74) is 6.01. The summed E-state index contributed by atoms with van der Waals surface area (Å²) in [5, 5.41) is 0. The first-order chi connectivity index (χ1) is 7.56. The maximum absolute atomic E-state index is 6.01. The van der Waals surface area contributed by atoms with Crippen molar-refractivity contribution in [1.82, 2.24) is 4.90 Å². The van der Waals surface area contributed by atoms with Crippen LogP contribution in [0.1, 0.15) is 33.1 Å². The van der Waals surface area contributed by atoms with Crippen molar-refractivity contribution in [3.8, 4) is 0 Å². The number of likely N-dealkylation sites (N-methyl/N-ethyl adjacent to an activating group) is 1. The van der Waals surface area contributed by atoms with Gasteiger partial charge in [0.2, 0.25) is 0 Å². The predicted molar refractivity (Wildman–Crippen MR) is 68.5 cm³/mol. The summed E-state index contributed by atoms with van der Waals surface area (Å²) in [6.45, 7) is 7.04. The maximum Gasteiger partial charge on any atom is 0.0661 e. The van der Waals surface area contributed by atoms with Crippen LogP contribution in [0.25, 0.3) is 0 Å². The molecule has 0 spiro atoms. The van der Waals surface area contributed by atoms with E-state index >= 15 is 0 Å². The van der Waals surface area contributed by atoms with Crippen molar-refractivity contribution in [2.45, 2.75) is 38.6 Å². The fourth-order valence-electron chi connectivity index (χ4n) is 2.66. The van der Waals surface area contributed by atoms with Gasteiger partial charge in [-0.05, 0) is 31.7 Å². The standard InChI is InChI=1S/C13H28N2O/c1-11(2)13(9-14,10-16-4)15(3)8-12-6-5-7-12/h11-12H,5-10,14H2,1-4H3. The van der Waals surface area contributed by atoms with E-state index in [0.717, 1.165) is 12.5 Å². The molecule has 0 aromatic rings. The normalized spacial score (nSPS) is 21.2. The lowest BCUT2D eigenvalue weighted by Gasteiger charge is -2.46. The SMILES string of the molecule is COCC(CN)(C(C)C)N(C)CC1CCC1. The first-order valence-corrected chi connectivity index (χ1v) is 6.47. The molecule has 1 atom stereocenters. The van der Waals surface area contributed by atoms with Crippen LogP contribution >= 0.6 is 0 Å². The minimum absolute atomic E-state index is 0.00431. The minimum Gasteiger partial charge on any atom is -0.383 e. The van der Waals surface area contributed by atoms with Crippen LogP contribution in [-0.2, 0) is 4.74 Å². The van der Waals surface area contributed by atoms with E-state index in [9.17, 15) is 0 Å².